The number of carbonyl (C=O) groups is 3. The molecule has 1 aromatic carbocycles. The summed E-state index contributed by atoms with van der Waals surface area (Å²) in [5, 5.41) is 14.8. The molecule has 1 aliphatic rings. The molecule has 0 spiro atoms. The van der Waals surface area contributed by atoms with Crippen LogP contribution in [0, 0.1) is 0 Å². The summed E-state index contributed by atoms with van der Waals surface area (Å²) in [5.41, 5.74) is 1.88. The molecule has 0 fully saturated rings. The van der Waals surface area contributed by atoms with E-state index < -0.39 is 23.8 Å². The maximum atomic E-state index is 12.4. The number of rotatable bonds is 11. The number of ether oxygens (including phenoxy) is 1. The Morgan fingerprint density at radius 2 is 1.97 bits per heavy atom. The van der Waals surface area contributed by atoms with Crippen LogP contribution in [-0.4, -0.2) is 54.1 Å². The van der Waals surface area contributed by atoms with Gasteiger partial charge in [0.1, 0.15) is 17.4 Å². The van der Waals surface area contributed by atoms with Crippen molar-refractivity contribution < 1.29 is 28.6 Å². The average molecular weight is 477 g/mol. The molecule has 0 bridgehead atoms. The van der Waals surface area contributed by atoms with Crippen LogP contribution in [0.4, 0.5) is 0 Å². The number of amides is 2. The summed E-state index contributed by atoms with van der Waals surface area (Å²) in [5.74, 6) is -0.910. The summed E-state index contributed by atoms with van der Waals surface area (Å²) in [6.07, 6.45) is 5.68. The van der Waals surface area contributed by atoms with Gasteiger partial charge in [0, 0.05) is 23.6 Å². The van der Waals surface area contributed by atoms with Gasteiger partial charge in [0.15, 0.2) is 6.61 Å². The Bertz CT molecular complexity index is 1080. The van der Waals surface area contributed by atoms with E-state index in [0.717, 1.165) is 42.2 Å². The molecule has 2 aromatic rings. The van der Waals surface area contributed by atoms with Crippen LogP contribution in [0.25, 0.3) is 11.0 Å². The zero-order valence-electron chi connectivity index (χ0n) is 18.5. The van der Waals surface area contributed by atoms with E-state index in [-0.39, 0.29) is 25.2 Å². The van der Waals surface area contributed by atoms with Gasteiger partial charge in [0.2, 0.25) is 5.91 Å². The lowest BCUT2D eigenvalue weighted by Gasteiger charge is -2.18. The first-order valence-corrected chi connectivity index (χ1v) is 12.3. The van der Waals surface area contributed by atoms with Crippen molar-refractivity contribution in [1.82, 2.24) is 10.6 Å². The van der Waals surface area contributed by atoms with E-state index in [9.17, 15) is 19.2 Å². The van der Waals surface area contributed by atoms with Crippen molar-refractivity contribution in [3.05, 3.63) is 39.7 Å². The zero-order chi connectivity index (χ0) is 23.8. The van der Waals surface area contributed by atoms with E-state index in [4.69, 9.17) is 14.3 Å². The first-order valence-electron chi connectivity index (χ1n) is 10.9. The SMILES string of the molecule is CSCC[C@H](NC(=O)COc1ccc2c3c(c(=O)oc2c1)CCCC3)C(=O)NCCC(=O)O. The maximum absolute atomic E-state index is 12.4. The zero-order valence-corrected chi connectivity index (χ0v) is 19.3. The molecular weight excluding hydrogens is 448 g/mol. The highest BCUT2D eigenvalue weighted by atomic mass is 32.2. The first-order chi connectivity index (χ1) is 15.9. The third-order valence-electron chi connectivity index (χ3n) is 5.47. The van der Waals surface area contributed by atoms with Gasteiger partial charge in [0.25, 0.3) is 5.91 Å². The molecule has 1 atom stereocenters. The van der Waals surface area contributed by atoms with Gasteiger partial charge < -0.3 is 24.9 Å². The van der Waals surface area contributed by atoms with Crippen LogP contribution >= 0.6 is 11.8 Å². The van der Waals surface area contributed by atoms with Gasteiger partial charge >= 0.3 is 11.6 Å². The van der Waals surface area contributed by atoms with Crippen LogP contribution in [0.5, 0.6) is 5.75 Å². The quantitative estimate of drug-likeness (QED) is 0.419. The minimum Gasteiger partial charge on any atom is -0.484 e. The normalized spacial score (nSPS) is 13.7. The molecule has 1 aliphatic carbocycles. The highest BCUT2D eigenvalue weighted by Crippen LogP contribution is 2.29. The van der Waals surface area contributed by atoms with E-state index >= 15 is 0 Å². The van der Waals surface area contributed by atoms with Gasteiger partial charge in [-0.1, -0.05) is 0 Å². The summed E-state index contributed by atoms with van der Waals surface area (Å²) < 4.78 is 11.0. The van der Waals surface area contributed by atoms with Crippen LogP contribution in [0.15, 0.2) is 27.4 Å². The topological polar surface area (TPSA) is 135 Å². The molecule has 0 saturated carbocycles. The van der Waals surface area contributed by atoms with Crippen molar-refractivity contribution in [2.45, 2.75) is 44.6 Å². The fourth-order valence-corrected chi connectivity index (χ4v) is 4.29. The lowest BCUT2D eigenvalue weighted by Crippen LogP contribution is -2.48. The van der Waals surface area contributed by atoms with E-state index in [1.165, 1.54) is 11.8 Å². The summed E-state index contributed by atoms with van der Waals surface area (Å²) >= 11 is 1.53. The predicted octanol–water partition coefficient (Wildman–Crippen LogP) is 1.88. The van der Waals surface area contributed by atoms with Crippen molar-refractivity contribution in [2.75, 3.05) is 25.2 Å². The van der Waals surface area contributed by atoms with E-state index in [0.29, 0.717) is 23.5 Å². The molecule has 1 aromatic heterocycles. The van der Waals surface area contributed by atoms with Crippen molar-refractivity contribution in [3.8, 4) is 5.75 Å². The maximum Gasteiger partial charge on any atom is 0.339 e. The van der Waals surface area contributed by atoms with Crippen molar-refractivity contribution in [2.24, 2.45) is 0 Å². The number of hydrogen-bond donors (Lipinski definition) is 3. The Balaban J connectivity index is 1.61. The Morgan fingerprint density at radius 1 is 1.21 bits per heavy atom. The molecule has 9 nitrogen and oxygen atoms in total. The fourth-order valence-electron chi connectivity index (χ4n) is 3.82. The van der Waals surface area contributed by atoms with Gasteiger partial charge in [-0.25, -0.2) is 4.79 Å². The molecule has 0 unspecified atom stereocenters. The van der Waals surface area contributed by atoms with Gasteiger partial charge in [0.05, 0.1) is 6.42 Å². The van der Waals surface area contributed by atoms with E-state index in [1.54, 1.807) is 12.1 Å². The number of benzene rings is 1. The van der Waals surface area contributed by atoms with Gasteiger partial charge in [-0.2, -0.15) is 11.8 Å². The number of thioether (sulfide) groups is 1. The van der Waals surface area contributed by atoms with Crippen molar-refractivity contribution in [3.63, 3.8) is 0 Å². The summed E-state index contributed by atoms with van der Waals surface area (Å²) in [7, 11) is 0. The molecular formula is C23H28N2O7S. The predicted molar refractivity (Wildman–Crippen MR) is 125 cm³/mol. The number of aryl methyl sites for hydroxylation is 1. The van der Waals surface area contributed by atoms with Gasteiger partial charge in [-0.05, 0) is 61.8 Å². The fraction of sp³-hybridized carbons (Fsp3) is 0.478. The van der Waals surface area contributed by atoms with E-state index in [2.05, 4.69) is 10.6 Å². The largest absolute Gasteiger partial charge is 0.484 e. The lowest BCUT2D eigenvalue weighted by molar-refractivity contribution is -0.137. The minimum absolute atomic E-state index is 0.0116. The molecule has 2 amide bonds. The molecule has 1 heterocycles. The number of nitrogens with one attached hydrogen (secondary N) is 2. The van der Waals surface area contributed by atoms with Crippen LogP contribution in [-0.2, 0) is 27.2 Å². The summed E-state index contributed by atoms with van der Waals surface area (Å²) in [6, 6.07) is 4.38. The smallest absolute Gasteiger partial charge is 0.339 e. The first kappa shape index (κ1) is 24.6. The van der Waals surface area contributed by atoms with Gasteiger partial charge in [-0.3, -0.25) is 14.4 Å². The van der Waals surface area contributed by atoms with Crippen LogP contribution in [0.1, 0.15) is 36.8 Å². The number of aliphatic carboxylic acids is 1. The Kier molecular flexibility index (Phi) is 8.76. The monoisotopic (exact) mass is 476 g/mol. The second-order valence-corrected chi connectivity index (χ2v) is 8.82. The minimum atomic E-state index is -1.01. The highest BCUT2D eigenvalue weighted by molar-refractivity contribution is 7.98. The molecule has 3 rings (SSSR count). The Morgan fingerprint density at radius 3 is 2.70 bits per heavy atom. The number of carboxylic acid groups (broad SMARTS) is 1. The molecule has 3 N–H and O–H groups in total. The van der Waals surface area contributed by atoms with Crippen molar-refractivity contribution in [1.29, 1.82) is 0 Å². The molecule has 0 saturated heterocycles. The second kappa shape index (κ2) is 11.7. The molecule has 0 radical (unpaired) electrons. The number of carbonyl (C=O) groups excluding carboxylic acids is 2. The highest BCUT2D eigenvalue weighted by Gasteiger charge is 2.21. The van der Waals surface area contributed by atoms with Gasteiger partial charge in [-0.15, -0.1) is 0 Å². The van der Waals surface area contributed by atoms with Crippen LogP contribution in [0.3, 0.4) is 0 Å². The number of carboxylic acids is 1. The Labute approximate surface area is 195 Å². The van der Waals surface area contributed by atoms with Crippen LogP contribution < -0.4 is 21.0 Å². The van der Waals surface area contributed by atoms with Crippen LogP contribution in [0.2, 0.25) is 0 Å². The molecule has 10 heteroatoms. The third kappa shape index (κ3) is 6.74. The molecule has 178 valence electrons. The number of fused-ring (bicyclic) bond motifs is 3. The molecule has 33 heavy (non-hydrogen) atoms. The summed E-state index contributed by atoms with van der Waals surface area (Å²) in [6.45, 7) is -0.332. The number of hydrogen-bond acceptors (Lipinski definition) is 7. The van der Waals surface area contributed by atoms with E-state index in [1.807, 2.05) is 12.3 Å². The molecule has 0 aliphatic heterocycles. The van der Waals surface area contributed by atoms with Crippen molar-refractivity contribution >= 4 is 40.5 Å². The average Bonchev–Trinajstić information content (AvgIpc) is 2.80. The second-order valence-electron chi connectivity index (χ2n) is 7.84. The third-order valence-corrected chi connectivity index (χ3v) is 6.11. The lowest BCUT2D eigenvalue weighted by atomic mass is 9.91. The summed E-state index contributed by atoms with van der Waals surface area (Å²) in [4.78, 5) is 47.6. The standard InChI is InChI=1S/C23H28N2O7S/c1-33-11-9-18(22(29)24-10-8-21(27)28)25-20(26)13-31-14-6-7-16-15-4-2-3-5-17(15)23(30)32-19(16)12-14/h6-7,12,18H,2-5,8-11,13H2,1H3,(H,24,29)(H,25,26)(H,27,28)/t18-/m0/s1. The Hall–Kier alpha value is -3.01.